The van der Waals surface area contributed by atoms with Crippen LogP contribution < -0.4 is 5.32 Å². The lowest BCUT2D eigenvalue weighted by molar-refractivity contribution is 0.0526. The topological polar surface area (TPSA) is 38.3 Å². The molecule has 0 radical (unpaired) electrons. The molecule has 0 fully saturated rings. The van der Waals surface area contributed by atoms with E-state index in [2.05, 4.69) is 29.6 Å². The van der Waals surface area contributed by atoms with Gasteiger partial charge in [0.25, 0.3) is 0 Å². The largest absolute Gasteiger partial charge is 0.462 e. The molecule has 0 bridgehead atoms. The molecule has 0 saturated heterocycles. The summed E-state index contributed by atoms with van der Waals surface area (Å²) in [5, 5.41) is 4.42. The van der Waals surface area contributed by atoms with Gasteiger partial charge in [0, 0.05) is 16.6 Å². The van der Waals surface area contributed by atoms with Crippen LogP contribution in [0.1, 0.15) is 46.8 Å². The first kappa shape index (κ1) is 16.2. The standard InChI is InChI=1S/C21H20ClNO2/c1-2-25-21(24)14-8-11-19-18(12-14)16-4-3-5-17(16)20(23-19)13-6-9-15(22)10-7-13/h3-4,6-12,16-17,20,23H,2,5H2,1H3/t16-,17+,20+/m0/s1. The Morgan fingerprint density at radius 1 is 1.24 bits per heavy atom. The minimum atomic E-state index is -0.261. The van der Waals surface area contributed by atoms with Crippen LogP contribution in [0.15, 0.2) is 54.6 Å². The number of fused-ring (bicyclic) bond motifs is 3. The zero-order valence-corrected chi connectivity index (χ0v) is 14.8. The maximum Gasteiger partial charge on any atom is 0.338 e. The predicted molar refractivity (Wildman–Crippen MR) is 100 cm³/mol. The lowest BCUT2D eigenvalue weighted by Crippen LogP contribution is -2.29. The van der Waals surface area contributed by atoms with Gasteiger partial charge in [-0.2, -0.15) is 0 Å². The second-order valence-corrected chi connectivity index (χ2v) is 6.99. The van der Waals surface area contributed by atoms with E-state index in [1.165, 1.54) is 11.1 Å². The number of halogens is 1. The molecule has 2 aliphatic rings. The molecule has 3 nitrogen and oxygen atoms in total. The summed E-state index contributed by atoms with van der Waals surface area (Å²) in [6.07, 6.45) is 5.53. The second-order valence-electron chi connectivity index (χ2n) is 6.55. The van der Waals surface area contributed by atoms with E-state index in [1.807, 2.05) is 37.3 Å². The Labute approximate surface area is 152 Å². The highest BCUT2D eigenvalue weighted by Gasteiger charge is 2.38. The Morgan fingerprint density at radius 2 is 2.04 bits per heavy atom. The molecule has 0 aromatic heterocycles. The molecule has 1 aliphatic heterocycles. The Balaban J connectivity index is 1.71. The molecule has 0 spiro atoms. The average molecular weight is 354 g/mol. The Kier molecular flexibility index (Phi) is 4.26. The molecule has 1 aliphatic carbocycles. The van der Waals surface area contributed by atoms with E-state index in [0.717, 1.165) is 17.1 Å². The van der Waals surface area contributed by atoms with Crippen LogP contribution in [-0.4, -0.2) is 12.6 Å². The number of hydrogen-bond acceptors (Lipinski definition) is 3. The molecule has 2 aromatic rings. The smallest absolute Gasteiger partial charge is 0.338 e. The molecule has 4 rings (SSSR count). The fourth-order valence-electron chi connectivity index (χ4n) is 3.94. The van der Waals surface area contributed by atoms with Gasteiger partial charge in [-0.15, -0.1) is 0 Å². The summed E-state index contributed by atoms with van der Waals surface area (Å²) in [4.78, 5) is 12.1. The first-order chi connectivity index (χ1) is 12.2. The van der Waals surface area contributed by atoms with Gasteiger partial charge in [0.2, 0.25) is 0 Å². The van der Waals surface area contributed by atoms with Gasteiger partial charge in [0.15, 0.2) is 0 Å². The van der Waals surface area contributed by atoms with Gasteiger partial charge in [0.1, 0.15) is 0 Å². The van der Waals surface area contributed by atoms with Crippen LogP contribution in [0.3, 0.4) is 0 Å². The van der Waals surface area contributed by atoms with Crippen LogP contribution in [-0.2, 0) is 4.74 Å². The molecule has 1 heterocycles. The highest BCUT2D eigenvalue weighted by Crippen LogP contribution is 2.50. The van der Waals surface area contributed by atoms with Crippen molar-refractivity contribution >= 4 is 23.3 Å². The number of benzene rings is 2. The van der Waals surface area contributed by atoms with Crippen molar-refractivity contribution in [3.63, 3.8) is 0 Å². The van der Waals surface area contributed by atoms with Crippen LogP contribution in [0.25, 0.3) is 0 Å². The van der Waals surface area contributed by atoms with Gasteiger partial charge in [-0.25, -0.2) is 4.79 Å². The van der Waals surface area contributed by atoms with Crippen LogP contribution in [0.4, 0.5) is 5.69 Å². The second kappa shape index (κ2) is 6.57. The lowest BCUT2D eigenvalue weighted by atomic mass is 9.76. The SMILES string of the molecule is CCOC(=O)c1ccc2c(c1)[C@H]1C=CC[C@H]1[C@@H](c1ccc(Cl)cc1)N2. The molecule has 3 atom stereocenters. The van der Waals surface area contributed by atoms with E-state index < -0.39 is 0 Å². The average Bonchev–Trinajstić information content (AvgIpc) is 3.11. The quantitative estimate of drug-likeness (QED) is 0.597. The number of rotatable bonds is 3. The minimum Gasteiger partial charge on any atom is -0.462 e. The van der Waals surface area contributed by atoms with Crippen LogP contribution in [0.2, 0.25) is 5.02 Å². The zero-order chi connectivity index (χ0) is 17.4. The van der Waals surface area contributed by atoms with Crippen LogP contribution >= 0.6 is 11.6 Å². The van der Waals surface area contributed by atoms with Gasteiger partial charge < -0.3 is 10.1 Å². The number of carbonyl (C=O) groups excluding carboxylic acids is 1. The third-order valence-electron chi connectivity index (χ3n) is 5.10. The lowest BCUT2D eigenvalue weighted by Gasteiger charge is -2.37. The molecule has 128 valence electrons. The maximum atomic E-state index is 12.1. The van der Waals surface area contributed by atoms with Crippen molar-refractivity contribution in [2.75, 3.05) is 11.9 Å². The van der Waals surface area contributed by atoms with Gasteiger partial charge >= 0.3 is 5.97 Å². The fraction of sp³-hybridized carbons (Fsp3) is 0.286. The van der Waals surface area contributed by atoms with E-state index in [9.17, 15) is 4.79 Å². The summed E-state index contributed by atoms with van der Waals surface area (Å²) in [6, 6.07) is 14.1. The third kappa shape index (κ3) is 2.93. The van der Waals surface area contributed by atoms with E-state index >= 15 is 0 Å². The molecular formula is C21H20ClNO2. The maximum absolute atomic E-state index is 12.1. The first-order valence-corrected chi connectivity index (χ1v) is 9.05. The molecule has 0 unspecified atom stereocenters. The minimum absolute atomic E-state index is 0.234. The van der Waals surface area contributed by atoms with Gasteiger partial charge in [0.05, 0.1) is 18.2 Å². The summed E-state index contributed by atoms with van der Waals surface area (Å²) in [5.74, 6) is 0.487. The van der Waals surface area contributed by atoms with E-state index in [0.29, 0.717) is 24.0 Å². The molecular weight excluding hydrogens is 334 g/mol. The third-order valence-corrected chi connectivity index (χ3v) is 5.36. The number of ether oxygens (including phenoxy) is 1. The summed E-state index contributed by atoms with van der Waals surface area (Å²) in [5.41, 5.74) is 4.12. The molecule has 25 heavy (non-hydrogen) atoms. The van der Waals surface area contributed by atoms with Gasteiger partial charge in [-0.3, -0.25) is 0 Å². The predicted octanol–water partition coefficient (Wildman–Crippen LogP) is 5.34. The molecule has 4 heteroatoms. The number of allylic oxidation sites excluding steroid dienone is 2. The van der Waals surface area contributed by atoms with Crippen molar-refractivity contribution < 1.29 is 9.53 Å². The van der Waals surface area contributed by atoms with Crippen molar-refractivity contribution in [2.45, 2.75) is 25.3 Å². The van der Waals surface area contributed by atoms with E-state index in [1.54, 1.807) is 0 Å². The highest BCUT2D eigenvalue weighted by molar-refractivity contribution is 6.30. The zero-order valence-electron chi connectivity index (χ0n) is 14.0. The number of hydrogen-bond donors (Lipinski definition) is 1. The number of nitrogens with one attached hydrogen (secondary N) is 1. The molecule has 0 amide bonds. The number of esters is 1. The van der Waals surface area contributed by atoms with Crippen molar-refractivity contribution in [1.82, 2.24) is 0 Å². The van der Waals surface area contributed by atoms with Gasteiger partial charge in [-0.05, 0) is 60.7 Å². The molecule has 2 aromatic carbocycles. The number of carbonyl (C=O) groups is 1. The highest BCUT2D eigenvalue weighted by atomic mass is 35.5. The summed E-state index contributed by atoms with van der Waals surface area (Å²) in [7, 11) is 0. The molecule has 0 saturated carbocycles. The van der Waals surface area contributed by atoms with Crippen LogP contribution in [0, 0.1) is 5.92 Å². The van der Waals surface area contributed by atoms with Crippen LogP contribution in [0.5, 0.6) is 0 Å². The van der Waals surface area contributed by atoms with E-state index in [4.69, 9.17) is 16.3 Å². The first-order valence-electron chi connectivity index (χ1n) is 8.67. The normalized spacial score (nSPS) is 23.5. The van der Waals surface area contributed by atoms with Gasteiger partial charge in [-0.1, -0.05) is 35.9 Å². The monoisotopic (exact) mass is 353 g/mol. The number of anilines is 1. The van der Waals surface area contributed by atoms with Crippen molar-refractivity contribution in [2.24, 2.45) is 5.92 Å². The Bertz CT molecular complexity index is 828. The Morgan fingerprint density at radius 3 is 2.80 bits per heavy atom. The van der Waals surface area contributed by atoms with Crippen molar-refractivity contribution in [3.05, 3.63) is 76.3 Å². The van der Waals surface area contributed by atoms with Crippen molar-refractivity contribution in [1.29, 1.82) is 0 Å². The Hall–Kier alpha value is -2.26. The summed E-state index contributed by atoms with van der Waals surface area (Å²) >= 11 is 6.04. The molecule has 1 N–H and O–H groups in total. The summed E-state index contributed by atoms with van der Waals surface area (Å²) in [6.45, 7) is 2.21. The fourth-order valence-corrected chi connectivity index (χ4v) is 4.06. The van der Waals surface area contributed by atoms with E-state index in [-0.39, 0.29) is 12.0 Å². The van der Waals surface area contributed by atoms with Crippen molar-refractivity contribution in [3.8, 4) is 0 Å². The summed E-state index contributed by atoms with van der Waals surface area (Å²) < 4.78 is 5.14.